The van der Waals surface area contributed by atoms with Crippen LogP contribution < -0.4 is 0 Å². The zero-order valence-corrected chi connectivity index (χ0v) is 11.3. The molecule has 0 fully saturated rings. The van der Waals surface area contributed by atoms with Gasteiger partial charge in [-0.3, -0.25) is 4.98 Å². The second-order valence-corrected chi connectivity index (χ2v) is 5.52. The summed E-state index contributed by atoms with van der Waals surface area (Å²) < 4.78 is 0. The van der Waals surface area contributed by atoms with E-state index in [1.165, 1.54) is 12.0 Å². The number of hydrogen-bond donors (Lipinski definition) is 1. The third-order valence-electron chi connectivity index (χ3n) is 3.06. The first-order chi connectivity index (χ1) is 8.08. The zero-order chi connectivity index (χ0) is 12.7. The smallest absolute Gasteiger partial charge is 0.0546 e. The van der Waals surface area contributed by atoms with Gasteiger partial charge in [0, 0.05) is 12.4 Å². The Morgan fingerprint density at radius 2 is 1.76 bits per heavy atom. The Balaban J connectivity index is 2.23. The van der Waals surface area contributed by atoms with Gasteiger partial charge >= 0.3 is 0 Å². The Morgan fingerprint density at radius 1 is 1.12 bits per heavy atom. The van der Waals surface area contributed by atoms with E-state index in [1.54, 1.807) is 0 Å². The lowest BCUT2D eigenvalue weighted by Crippen LogP contribution is -2.14. The average Bonchev–Trinajstić information content (AvgIpc) is 2.26. The van der Waals surface area contributed by atoms with Crippen LogP contribution in [0.5, 0.6) is 0 Å². The number of hydrogen-bond acceptors (Lipinski definition) is 2. The van der Waals surface area contributed by atoms with E-state index in [0.717, 1.165) is 25.2 Å². The predicted molar refractivity (Wildman–Crippen MR) is 71.8 cm³/mol. The molecule has 0 amide bonds. The molecule has 0 saturated heterocycles. The number of pyridine rings is 1. The van der Waals surface area contributed by atoms with E-state index >= 15 is 0 Å². The van der Waals surface area contributed by atoms with Gasteiger partial charge in [0.15, 0.2) is 0 Å². The maximum absolute atomic E-state index is 9.98. The molecule has 2 unspecified atom stereocenters. The van der Waals surface area contributed by atoms with Crippen LogP contribution in [0, 0.1) is 11.8 Å². The second kappa shape index (κ2) is 7.44. The van der Waals surface area contributed by atoms with Gasteiger partial charge in [0.1, 0.15) is 0 Å². The van der Waals surface area contributed by atoms with Crippen LogP contribution in [0.4, 0.5) is 0 Å². The fourth-order valence-corrected chi connectivity index (χ4v) is 2.37. The topological polar surface area (TPSA) is 33.1 Å². The average molecular weight is 235 g/mol. The van der Waals surface area contributed by atoms with Crippen LogP contribution in [0.3, 0.4) is 0 Å². The van der Waals surface area contributed by atoms with Gasteiger partial charge in [-0.2, -0.15) is 0 Å². The first kappa shape index (κ1) is 14.2. The molecule has 1 rings (SSSR count). The highest BCUT2D eigenvalue weighted by Crippen LogP contribution is 2.18. The zero-order valence-electron chi connectivity index (χ0n) is 11.3. The molecular weight excluding hydrogens is 210 g/mol. The summed E-state index contributed by atoms with van der Waals surface area (Å²) in [4.78, 5) is 3.99. The Labute approximate surface area is 105 Å². The molecule has 0 aliphatic heterocycles. The van der Waals surface area contributed by atoms with Crippen LogP contribution in [-0.4, -0.2) is 16.2 Å². The first-order valence-corrected chi connectivity index (χ1v) is 6.65. The molecule has 1 N–H and O–H groups in total. The third kappa shape index (κ3) is 6.42. The molecule has 17 heavy (non-hydrogen) atoms. The monoisotopic (exact) mass is 235 g/mol. The number of nitrogens with zero attached hydrogens (tertiary/aromatic N) is 1. The Hall–Kier alpha value is -0.890. The summed E-state index contributed by atoms with van der Waals surface area (Å²) in [5.41, 5.74) is 1.26. The van der Waals surface area contributed by atoms with Crippen molar-refractivity contribution in [1.82, 2.24) is 4.98 Å². The Bertz CT molecular complexity index is 297. The standard InChI is InChI=1S/C15H25NO/c1-12(2)10-13(3)11-15(17)5-4-14-6-8-16-9-7-14/h6-9,12-13,15,17H,4-5,10-11H2,1-3H3. The van der Waals surface area contributed by atoms with Gasteiger partial charge in [-0.05, 0) is 55.2 Å². The van der Waals surface area contributed by atoms with E-state index < -0.39 is 0 Å². The van der Waals surface area contributed by atoms with E-state index in [1.807, 2.05) is 24.5 Å². The van der Waals surface area contributed by atoms with Crippen molar-refractivity contribution in [1.29, 1.82) is 0 Å². The number of aromatic nitrogens is 1. The van der Waals surface area contributed by atoms with Gasteiger partial charge in [0.05, 0.1) is 6.10 Å². The lowest BCUT2D eigenvalue weighted by atomic mass is 9.92. The van der Waals surface area contributed by atoms with Crippen molar-refractivity contribution in [3.05, 3.63) is 30.1 Å². The van der Waals surface area contributed by atoms with Gasteiger partial charge in [0.2, 0.25) is 0 Å². The van der Waals surface area contributed by atoms with Crippen molar-refractivity contribution >= 4 is 0 Å². The highest BCUT2D eigenvalue weighted by Gasteiger charge is 2.11. The highest BCUT2D eigenvalue weighted by atomic mass is 16.3. The Morgan fingerprint density at radius 3 is 2.35 bits per heavy atom. The maximum atomic E-state index is 9.98. The van der Waals surface area contributed by atoms with Crippen molar-refractivity contribution in [2.24, 2.45) is 11.8 Å². The summed E-state index contributed by atoms with van der Waals surface area (Å²) in [5.74, 6) is 1.33. The molecular formula is C15H25NO. The lowest BCUT2D eigenvalue weighted by Gasteiger charge is -2.18. The van der Waals surface area contributed by atoms with E-state index in [2.05, 4.69) is 25.8 Å². The van der Waals surface area contributed by atoms with Gasteiger partial charge in [-0.1, -0.05) is 20.8 Å². The van der Waals surface area contributed by atoms with Crippen LogP contribution in [0.1, 0.15) is 45.6 Å². The molecule has 0 bridgehead atoms. The van der Waals surface area contributed by atoms with Gasteiger partial charge in [-0.15, -0.1) is 0 Å². The molecule has 0 aliphatic rings. The summed E-state index contributed by atoms with van der Waals surface area (Å²) in [6, 6.07) is 4.04. The number of aliphatic hydroxyl groups is 1. The van der Waals surface area contributed by atoms with Gasteiger partial charge in [0.25, 0.3) is 0 Å². The van der Waals surface area contributed by atoms with Crippen molar-refractivity contribution < 1.29 is 5.11 Å². The number of aryl methyl sites for hydroxylation is 1. The van der Waals surface area contributed by atoms with Gasteiger partial charge < -0.3 is 5.11 Å². The van der Waals surface area contributed by atoms with Gasteiger partial charge in [-0.25, -0.2) is 0 Å². The molecule has 0 saturated carbocycles. The number of rotatable bonds is 7. The predicted octanol–water partition coefficient (Wildman–Crippen LogP) is 3.45. The molecule has 0 aromatic carbocycles. The summed E-state index contributed by atoms with van der Waals surface area (Å²) in [6.45, 7) is 6.70. The Kier molecular flexibility index (Phi) is 6.20. The molecule has 1 aromatic heterocycles. The summed E-state index contributed by atoms with van der Waals surface area (Å²) in [7, 11) is 0. The molecule has 1 aromatic rings. The molecule has 0 spiro atoms. The van der Waals surface area contributed by atoms with Crippen LogP contribution in [0.15, 0.2) is 24.5 Å². The SMILES string of the molecule is CC(C)CC(C)CC(O)CCc1ccncc1. The molecule has 2 nitrogen and oxygen atoms in total. The van der Waals surface area contributed by atoms with Crippen LogP contribution in [0.2, 0.25) is 0 Å². The van der Waals surface area contributed by atoms with E-state index in [0.29, 0.717) is 5.92 Å². The molecule has 0 radical (unpaired) electrons. The minimum Gasteiger partial charge on any atom is -0.393 e. The van der Waals surface area contributed by atoms with E-state index in [-0.39, 0.29) is 6.10 Å². The van der Waals surface area contributed by atoms with Crippen molar-refractivity contribution in [2.45, 2.75) is 52.6 Å². The third-order valence-corrected chi connectivity index (χ3v) is 3.06. The lowest BCUT2D eigenvalue weighted by molar-refractivity contribution is 0.131. The second-order valence-electron chi connectivity index (χ2n) is 5.52. The number of aliphatic hydroxyl groups excluding tert-OH is 1. The fourth-order valence-electron chi connectivity index (χ4n) is 2.37. The normalized spacial score (nSPS) is 14.9. The largest absolute Gasteiger partial charge is 0.393 e. The summed E-state index contributed by atoms with van der Waals surface area (Å²) in [5, 5.41) is 9.98. The molecule has 2 heteroatoms. The van der Waals surface area contributed by atoms with Crippen LogP contribution >= 0.6 is 0 Å². The molecule has 96 valence electrons. The minimum atomic E-state index is -0.170. The van der Waals surface area contributed by atoms with Crippen molar-refractivity contribution in [3.8, 4) is 0 Å². The maximum Gasteiger partial charge on any atom is 0.0546 e. The molecule has 1 heterocycles. The van der Waals surface area contributed by atoms with Crippen LogP contribution in [-0.2, 0) is 6.42 Å². The first-order valence-electron chi connectivity index (χ1n) is 6.65. The summed E-state index contributed by atoms with van der Waals surface area (Å²) >= 11 is 0. The molecule has 0 aliphatic carbocycles. The van der Waals surface area contributed by atoms with E-state index in [9.17, 15) is 5.11 Å². The van der Waals surface area contributed by atoms with Crippen molar-refractivity contribution in [3.63, 3.8) is 0 Å². The fraction of sp³-hybridized carbons (Fsp3) is 0.667. The molecule has 2 atom stereocenters. The highest BCUT2D eigenvalue weighted by molar-refractivity contribution is 5.09. The minimum absolute atomic E-state index is 0.170. The summed E-state index contributed by atoms with van der Waals surface area (Å²) in [6.07, 6.45) is 7.36. The quantitative estimate of drug-likeness (QED) is 0.785. The van der Waals surface area contributed by atoms with Crippen molar-refractivity contribution in [2.75, 3.05) is 0 Å². The van der Waals surface area contributed by atoms with E-state index in [4.69, 9.17) is 0 Å². The van der Waals surface area contributed by atoms with Crippen LogP contribution in [0.25, 0.3) is 0 Å².